The molecule has 0 amide bonds. The molecule has 0 bridgehead atoms. The van der Waals surface area contributed by atoms with Gasteiger partial charge in [-0.25, -0.2) is 4.79 Å². The molecule has 0 saturated carbocycles. The zero-order chi connectivity index (χ0) is 10.1. The van der Waals surface area contributed by atoms with Crippen molar-refractivity contribution in [3.05, 3.63) is 12.7 Å². The summed E-state index contributed by atoms with van der Waals surface area (Å²) in [5.74, 6) is -0.340. The average molecular weight is 185 g/mol. The number of esters is 1. The van der Waals surface area contributed by atoms with Gasteiger partial charge < -0.3 is 9.64 Å². The Labute approximate surface area is 80.4 Å². The van der Waals surface area contributed by atoms with Crippen molar-refractivity contribution in [2.45, 2.75) is 20.3 Å². The van der Waals surface area contributed by atoms with Crippen LogP contribution in [-0.2, 0) is 9.53 Å². The zero-order valence-electron chi connectivity index (χ0n) is 8.58. The van der Waals surface area contributed by atoms with Crippen molar-refractivity contribution in [2.75, 3.05) is 26.2 Å². The first-order valence-corrected chi connectivity index (χ1v) is 4.76. The molecule has 0 aromatic heterocycles. The van der Waals surface area contributed by atoms with Crippen LogP contribution < -0.4 is 0 Å². The first-order chi connectivity index (χ1) is 6.24. The van der Waals surface area contributed by atoms with E-state index in [1.165, 1.54) is 6.08 Å². The molecular weight excluding hydrogens is 166 g/mol. The van der Waals surface area contributed by atoms with Crippen molar-refractivity contribution in [3.8, 4) is 0 Å². The van der Waals surface area contributed by atoms with Gasteiger partial charge in [0.15, 0.2) is 0 Å². The fraction of sp³-hybridized carbons (Fsp3) is 0.700. The molecule has 76 valence electrons. The molecule has 0 aliphatic rings. The van der Waals surface area contributed by atoms with Crippen LogP contribution in [0.2, 0.25) is 0 Å². The summed E-state index contributed by atoms with van der Waals surface area (Å²) in [6.45, 7) is 10.9. The predicted molar refractivity (Wildman–Crippen MR) is 53.6 cm³/mol. The van der Waals surface area contributed by atoms with Crippen LogP contribution in [0.5, 0.6) is 0 Å². The van der Waals surface area contributed by atoms with Gasteiger partial charge in [0.25, 0.3) is 0 Å². The molecule has 0 fully saturated rings. The maximum atomic E-state index is 10.7. The highest BCUT2D eigenvalue weighted by molar-refractivity contribution is 5.81. The lowest BCUT2D eigenvalue weighted by Gasteiger charge is -2.18. The molecule has 0 saturated heterocycles. The van der Waals surface area contributed by atoms with E-state index in [1.54, 1.807) is 0 Å². The molecule has 0 heterocycles. The number of hydrogen-bond acceptors (Lipinski definition) is 3. The second kappa shape index (κ2) is 7.80. The number of ether oxygens (including phenoxy) is 1. The van der Waals surface area contributed by atoms with Crippen molar-refractivity contribution in [1.29, 1.82) is 0 Å². The van der Waals surface area contributed by atoms with E-state index in [0.29, 0.717) is 6.61 Å². The highest BCUT2D eigenvalue weighted by atomic mass is 16.5. The molecule has 0 rings (SSSR count). The Morgan fingerprint density at radius 1 is 1.46 bits per heavy atom. The third-order valence-corrected chi connectivity index (χ3v) is 1.81. The summed E-state index contributed by atoms with van der Waals surface area (Å²) in [5, 5.41) is 0. The van der Waals surface area contributed by atoms with E-state index in [1.807, 2.05) is 0 Å². The molecule has 3 nitrogen and oxygen atoms in total. The molecule has 0 atom stereocenters. The number of hydrogen-bond donors (Lipinski definition) is 0. The maximum Gasteiger partial charge on any atom is 0.330 e. The summed E-state index contributed by atoms with van der Waals surface area (Å²) in [4.78, 5) is 12.9. The van der Waals surface area contributed by atoms with E-state index >= 15 is 0 Å². The van der Waals surface area contributed by atoms with Gasteiger partial charge in [0, 0.05) is 12.6 Å². The van der Waals surface area contributed by atoms with Crippen LogP contribution in [0.1, 0.15) is 20.3 Å². The number of nitrogens with zero attached hydrogens (tertiary/aromatic N) is 1. The smallest absolute Gasteiger partial charge is 0.330 e. The van der Waals surface area contributed by atoms with E-state index in [-0.39, 0.29) is 5.97 Å². The molecule has 0 radical (unpaired) electrons. The normalized spacial score (nSPS) is 10.1. The standard InChI is InChI=1S/C10H19NO2/c1-4-7-11(6-3)8-9-13-10(12)5-2/h5H,2,4,6-9H2,1,3H3. The quantitative estimate of drug-likeness (QED) is 0.444. The Morgan fingerprint density at radius 3 is 2.62 bits per heavy atom. The lowest BCUT2D eigenvalue weighted by Crippen LogP contribution is -2.28. The van der Waals surface area contributed by atoms with Gasteiger partial charge in [0.2, 0.25) is 0 Å². The van der Waals surface area contributed by atoms with Crippen molar-refractivity contribution >= 4 is 5.97 Å². The van der Waals surface area contributed by atoms with Gasteiger partial charge in [0.05, 0.1) is 0 Å². The average Bonchev–Trinajstić information content (AvgIpc) is 2.16. The Hall–Kier alpha value is -0.830. The van der Waals surface area contributed by atoms with Crippen LogP contribution >= 0.6 is 0 Å². The first-order valence-electron chi connectivity index (χ1n) is 4.76. The minimum atomic E-state index is -0.340. The van der Waals surface area contributed by atoms with Crippen molar-refractivity contribution < 1.29 is 9.53 Å². The summed E-state index contributed by atoms with van der Waals surface area (Å²) in [7, 11) is 0. The molecule has 0 unspecified atom stereocenters. The second-order valence-electron chi connectivity index (χ2n) is 2.81. The minimum absolute atomic E-state index is 0.340. The summed E-state index contributed by atoms with van der Waals surface area (Å²) >= 11 is 0. The minimum Gasteiger partial charge on any atom is -0.461 e. The number of carbonyl (C=O) groups is 1. The lowest BCUT2D eigenvalue weighted by atomic mass is 10.4. The van der Waals surface area contributed by atoms with Crippen molar-refractivity contribution in [2.24, 2.45) is 0 Å². The van der Waals surface area contributed by atoms with Crippen LogP contribution in [-0.4, -0.2) is 37.1 Å². The Bertz CT molecular complexity index is 157. The number of carbonyl (C=O) groups excluding carboxylic acids is 1. The van der Waals surface area contributed by atoms with Crippen LogP contribution in [0, 0.1) is 0 Å². The van der Waals surface area contributed by atoms with Crippen LogP contribution in [0.3, 0.4) is 0 Å². The fourth-order valence-electron chi connectivity index (χ4n) is 1.08. The lowest BCUT2D eigenvalue weighted by molar-refractivity contribution is -0.138. The molecule has 0 N–H and O–H groups in total. The predicted octanol–water partition coefficient (Wildman–Crippen LogP) is 1.45. The Kier molecular flexibility index (Phi) is 7.30. The highest BCUT2D eigenvalue weighted by Crippen LogP contribution is 1.91. The molecule has 0 spiro atoms. The van der Waals surface area contributed by atoms with E-state index in [9.17, 15) is 4.79 Å². The fourth-order valence-corrected chi connectivity index (χ4v) is 1.08. The van der Waals surface area contributed by atoms with Crippen LogP contribution in [0.15, 0.2) is 12.7 Å². The molecule has 0 aliphatic heterocycles. The van der Waals surface area contributed by atoms with E-state index < -0.39 is 0 Å². The molecular formula is C10H19NO2. The summed E-state index contributed by atoms with van der Waals surface area (Å²) < 4.78 is 4.87. The van der Waals surface area contributed by atoms with Gasteiger partial charge in [-0.1, -0.05) is 20.4 Å². The molecule has 13 heavy (non-hydrogen) atoms. The number of likely N-dealkylation sites (N-methyl/N-ethyl adjacent to an activating group) is 1. The summed E-state index contributed by atoms with van der Waals surface area (Å²) in [5.41, 5.74) is 0. The van der Waals surface area contributed by atoms with E-state index in [0.717, 1.165) is 26.1 Å². The maximum absolute atomic E-state index is 10.7. The summed E-state index contributed by atoms with van der Waals surface area (Å²) in [6.07, 6.45) is 2.32. The van der Waals surface area contributed by atoms with Crippen LogP contribution in [0.25, 0.3) is 0 Å². The Balaban J connectivity index is 3.48. The second-order valence-corrected chi connectivity index (χ2v) is 2.81. The van der Waals surface area contributed by atoms with Gasteiger partial charge in [-0.2, -0.15) is 0 Å². The largest absolute Gasteiger partial charge is 0.461 e. The first kappa shape index (κ1) is 12.2. The monoisotopic (exact) mass is 185 g/mol. The van der Waals surface area contributed by atoms with Gasteiger partial charge in [-0.05, 0) is 19.5 Å². The van der Waals surface area contributed by atoms with Crippen LogP contribution in [0.4, 0.5) is 0 Å². The SMILES string of the molecule is C=CC(=O)OCCN(CC)CCC. The Morgan fingerprint density at radius 2 is 2.15 bits per heavy atom. The topological polar surface area (TPSA) is 29.5 Å². The third kappa shape index (κ3) is 6.34. The van der Waals surface area contributed by atoms with Gasteiger partial charge in [-0.3, -0.25) is 0 Å². The highest BCUT2D eigenvalue weighted by Gasteiger charge is 2.01. The summed E-state index contributed by atoms with van der Waals surface area (Å²) in [6, 6.07) is 0. The van der Waals surface area contributed by atoms with Gasteiger partial charge in [0.1, 0.15) is 6.61 Å². The van der Waals surface area contributed by atoms with Gasteiger partial charge in [-0.15, -0.1) is 0 Å². The van der Waals surface area contributed by atoms with E-state index in [4.69, 9.17) is 4.74 Å². The van der Waals surface area contributed by atoms with Gasteiger partial charge >= 0.3 is 5.97 Å². The molecule has 0 aromatic rings. The molecule has 0 aliphatic carbocycles. The zero-order valence-corrected chi connectivity index (χ0v) is 8.58. The molecule has 0 aromatic carbocycles. The van der Waals surface area contributed by atoms with E-state index in [2.05, 4.69) is 25.3 Å². The number of rotatable bonds is 7. The van der Waals surface area contributed by atoms with Crippen molar-refractivity contribution in [1.82, 2.24) is 4.90 Å². The van der Waals surface area contributed by atoms with Crippen molar-refractivity contribution in [3.63, 3.8) is 0 Å². The third-order valence-electron chi connectivity index (χ3n) is 1.81. The molecule has 3 heteroatoms.